The number of nitrogens with one attached hydrogen (secondary N) is 1. The molecule has 0 saturated heterocycles. The van der Waals surface area contributed by atoms with Crippen LogP contribution in [0.4, 0.5) is 11.4 Å². The van der Waals surface area contributed by atoms with Gasteiger partial charge in [-0.2, -0.15) is 0 Å². The Hall–Kier alpha value is -1.75. The Bertz CT molecular complexity index is 432. The first-order valence-corrected chi connectivity index (χ1v) is 5.06. The third kappa shape index (κ3) is 2.64. The second-order valence-corrected chi connectivity index (χ2v) is 3.26. The molecule has 16 heavy (non-hydrogen) atoms. The lowest BCUT2D eigenvalue weighted by Gasteiger charge is -2.08. The van der Waals surface area contributed by atoms with Crippen molar-refractivity contribution in [1.82, 2.24) is 0 Å². The zero-order chi connectivity index (χ0) is 12.1. The van der Waals surface area contributed by atoms with Crippen molar-refractivity contribution in [2.45, 2.75) is 0 Å². The number of carbonyl (C=O) groups is 1. The van der Waals surface area contributed by atoms with E-state index in [0.29, 0.717) is 11.4 Å². The Labute approximate surface area is 97.9 Å². The summed E-state index contributed by atoms with van der Waals surface area (Å²) in [5, 5.41) is 11.8. The molecule has 1 aromatic rings. The van der Waals surface area contributed by atoms with E-state index < -0.39 is 5.97 Å². The Morgan fingerprint density at radius 3 is 2.81 bits per heavy atom. The maximum atomic E-state index is 10.9. The van der Waals surface area contributed by atoms with E-state index >= 15 is 0 Å². The van der Waals surface area contributed by atoms with Crippen molar-refractivity contribution in [3.8, 4) is 0 Å². The molecule has 0 heterocycles. The fourth-order valence-corrected chi connectivity index (χ4v) is 1.32. The van der Waals surface area contributed by atoms with Gasteiger partial charge in [0.2, 0.25) is 0 Å². The molecule has 0 aliphatic rings. The van der Waals surface area contributed by atoms with Gasteiger partial charge in [-0.25, -0.2) is 9.79 Å². The number of carboxylic acids is 1. The molecule has 0 amide bonds. The van der Waals surface area contributed by atoms with Crippen LogP contribution in [0.3, 0.4) is 0 Å². The summed E-state index contributed by atoms with van der Waals surface area (Å²) in [4.78, 5) is 15.0. The molecule has 5 nitrogen and oxygen atoms in total. The van der Waals surface area contributed by atoms with Crippen molar-refractivity contribution < 1.29 is 9.90 Å². The smallest absolute Gasteiger partial charge is 0.337 e. The number of aromatic carboxylic acids is 1. The minimum atomic E-state index is -1.02. The minimum Gasteiger partial charge on any atom is -0.478 e. The number of halogens is 1. The van der Waals surface area contributed by atoms with E-state index in [1.54, 1.807) is 19.2 Å². The highest BCUT2D eigenvalue weighted by Gasteiger charge is 2.12. The predicted molar refractivity (Wildman–Crippen MR) is 65.0 cm³/mol. The zero-order valence-corrected chi connectivity index (χ0v) is 9.45. The van der Waals surface area contributed by atoms with Crippen LogP contribution >= 0.6 is 11.6 Å². The Morgan fingerprint density at radius 2 is 2.31 bits per heavy atom. The molecule has 6 heteroatoms. The molecule has 0 fully saturated rings. The third-order valence-corrected chi connectivity index (χ3v) is 2.20. The number of para-hydroxylation sites is 1. The molecule has 86 valence electrons. The van der Waals surface area contributed by atoms with Crippen LogP contribution in [0.5, 0.6) is 0 Å². The fraction of sp³-hybridized carbons (Fsp3) is 0.200. The first kappa shape index (κ1) is 12.3. The largest absolute Gasteiger partial charge is 0.478 e. The van der Waals surface area contributed by atoms with E-state index in [1.807, 2.05) is 0 Å². The normalized spacial score (nSPS) is 11.2. The van der Waals surface area contributed by atoms with E-state index in [2.05, 4.69) is 10.3 Å². The number of benzene rings is 1. The van der Waals surface area contributed by atoms with Gasteiger partial charge in [0.25, 0.3) is 0 Å². The van der Waals surface area contributed by atoms with Gasteiger partial charge in [-0.3, -0.25) is 0 Å². The van der Waals surface area contributed by atoms with Crippen LogP contribution in [0.1, 0.15) is 10.4 Å². The second kappa shape index (κ2) is 5.37. The van der Waals surface area contributed by atoms with Crippen molar-refractivity contribution in [2.24, 2.45) is 10.7 Å². The van der Waals surface area contributed by atoms with Crippen molar-refractivity contribution >= 4 is 34.8 Å². The number of aliphatic imine (C=N–C) groups is 1. The number of alkyl halides is 1. The molecule has 0 bridgehead atoms. The van der Waals surface area contributed by atoms with Gasteiger partial charge < -0.3 is 16.2 Å². The van der Waals surface area contributed by atoms with Crippen LogP contribution in [0.25, 0.3) is 0 Å². The Balaban J connectivity index is 3.29. The number of hydrogen-bond donors (Lipinski definition) is 3. The van der Waals surface area contributed by atoms with Gasteiger partial charge >= 0.3 is 5.97 Å². The summed E-state index contributed by atoms with van der Waals surface area (Å²) in [7, 11) is 1.62. The van der Waals surface area contributed by atoms with Crippen LogP contribution in [-0.2, 0) is 0 Å². The van der Waals surface area contributed by atoms with Crippen molar-refractivity contribution in [2.75, 3.05) is 18.2 Å². The van der Waals surface area contributed by atoms with E-state index in [-0.39, 0.29) is 17.3 Å². The number of anilines is 1. The number of nitrogens with two attached hydrogens (primary N) is 1. The molecule has 0 unspecified atom stereocenters. The van der Waals surface area contributed by atoms with Crippen molar-refractivity contribution in [3.63, 3.8) is 0 Å². The lowest BCUT2D eigenvalue weighted by Crippen LogP contribution is -2.12. The van der Waals surface area contributed by atoms with Crippen LogP contribution in [0.2, 0.25) is 0 Å². The molecule has 1 rings (SSSR count). The van der Waals surface area contributed by atoms with Gasteiger partial charge in [-0.1, -0.05) is 6.07 Å². The molecule has 4 N–H and O–H groups in total. The molecule has 0 aliphatic carbocycles. The first-order chi connectivity index (χ1) is 7.60. The summed E-state index contributed by atoms with van der Waals surface area (Å²) in [6.07, 6.45) is 0. The summed E-state index contributed by atoms with van der Waals surface area (Å²) in [5.74, 6) is -0.688. The lowest BCUT2D eigenvalue weighted by atomic mass is 10.1. The molecular weight excluding hydrogens is 230 g/mol. The van der Waals surface area contributed by atoms with Gasteiger partial charge in [-0.05, 0) is 12.1 Å². The second-order valence-electron chi connectivity index (χ2n) is 2.99. The van der Waals surface area contributed by atoms with Crippen LogP contribution in [0.15, 0.2) is 23.2 Å². The molecule has 0 aliphatic heterocycles. The zero-order valence-electron chi connectivity index (χ0n) is 8.70. The average Bonchev–Trinajstić information content (AvgIpc) is 2.28. The van der Waals surface area contributed by atoms with Gasteiger partial charge in [0.1, 0.15) is 5.84 Å². The van der Waals surface area contributed by atoms with E-state index in [4.69, 9.17) is 22.4 Å². The van der Waals surface area contributed by atoms with Crippen molar-refractivity contribution in [1.29, 1.82) is 0 Å². The number of nitrogens with zero attached hydrogens (tertiary/aromatic N) is 1. The summed E-state index contributed by atoms with van der Waals surface area (Å²) >= 11 is 5.51. The fourth-order valence-electron chi connectivity index (χ4n) is 1.26. The Kier molecular flexibility index (Phi) is 4.13. The monoisotopic (exact) mass is 241 g/mol. The van der Waals surface area contributed by atoms with Crippen LogP contribution in [-0.4, -0.2) is 29.8 Å². The highest BCUT2D eigenvalue weighted by molar-refractivity contribution is 6.28. The topological polar surface area (TPSA) is 87.7 Å². The van der Waals surface area contributed by atoms with Gasteiger partial charge in [0.05, 0.1) is 22.8 Å². The highest BCUT2D eigenvalue weighted by atomic mass is 35.5. The third-order valence-electron chi connectivity index (χ3n) is 1.92. The Morgan fingerprint density at radius 1 is 1.62 bits per heavy atom. The lowest BCUT2D eigenvalue weighted by molar-refractivity contribution is 0.0698. The molecule has 0 saturated carbocycles. The molecule has 0 radical (unpaired) electrons. The molecule has 1 aromatic carbocycles. The molecular formula is C10H12ClN3O2. The summed E-state index contributed by atoms with van der Waals surface area (Å²) in [6, 6.07) is 4.76. The SMILES string of the molecule is CNc1c(N=C(N)CCl)cccc1C(=O)O. The standard InChI is InChI=1S/C10H12ClN3O2/c1-13-9-6(10(15)16)3-2-4-7(9)14-8(12)5-11/h2-4,13H,5H2,1H3,(H2,12,14)(H,15,16). The van der Waals surface area contributed by atoms with Gasteiger partial charge in [-0.15, -0.1) is 11.6 Å². The van der Waals surface area contributed by atoms with Gasteiger partial charge in [0.15, 0.2) is 0 Å². The number of amidine groups is 1. The number of rotatable bonds is 4. The molecule has 0 aromatic heterocycles. The van der Waals surface area contributed by atoms with Crippen LogP contribution < -0.4 is 11.1 Å². The summed E-state index contributed by atoms with van der Waals surface area (Å²) < 4.78 is 0. The maximum absolute atomic E-state index is 10.9. The minimum absolute atomic E-state index is 0.0977. The number of carboxylic acid groups (broad SMARTS) is 1. The predicted octanol–water partition coefficient (Wildman–Crippen LogP) is 1.65. The highest BCUT2D eigenvalue weighted by Crippen LogP contribution is 2.28. The summed E-state index contributed by atoms with van der Waals surface area (Å²) in [5.41, 5.74) is 6.52. The van der Waals surface area contributed by atoms with Crippen molar-refractivity contribution in [3.05, 3.63) is 23.8 Å². The van der Waals surface area contributed by atoms with E-state index in [1.165, 1.54) is 6.07 Å². The first-order valence-electron chi connectivity index (χ1n) is 4.53. The quantitative estimate of drug-likeness (QED) is 0.425. The molecule has 0 atom stereocenters. The van der Waals surface area contributed by atoms with Crippen LogP contribution in [0, 0.1) is 0 Å². The van der Waals surface area contributed by atoms with Gasteiger partial charge in [0, 0.05) is 7.05 Å². The maximum Gasteiger partial charge on any atom is 0.337 e. The van der Waals surface area contributed by atoms with E-state index in [9.17, 15) is 4.79 Å². The molecule has 0 spiro atoms. The van der Waals surface area contributed by atoms with E-state index in [0.717, 1.165) is 0 Å². The number of hydrogen-bond acceptors (Lipinski definition) is 3. The average molecular weight is 242 g/mol. The summed E-state index contributed by atoms with van der Waals surface area (Å²) in [6.45, 7) is 0.